The lowest BCUT2D eigenvalue weighted by molar-refractivity contribution is -0.0191. The number of anilines is 3. The summed E-state index contributed by atoms with van der Waals surface area (Å²) in [5.41, 5.74) is 3.08. The average molecular weight is 487 g/mol. The molecular weight excluding hydrogens is 460 g/mol. The van der Waals surface area contributed by atoms with Crippen molar-refractivity contribution < 1.29 is 14.3 Å². The maximum atomic E-state index is 12.9. The highest BCUT2D eigenvalue weighted by atomic mass is 16.5. The zero-order valence-corrected chi connectivity index (χ0v) is 19.8. The summed E-state index contributed by atoms with van der Waals surface area (Å²) in [6.45, 7) is 3.83. The van der Waals surface area contributed by atoms with Crippen molar-refractivity contribution >= 4 is 34.4 Å². The Labute approximate surface area is 207 Å². The third kappa shape index (κ3) is 4.34. The molecule has 0 saturated carbocycles. The minimum absolute atomic E-state index is 0.0241. The topological polar surface area (TPSA) is 121 Å². The minimum Gasteiger partial charge on any atom is -0.378 e. The molecule has 0 aliphatic carbocycles. The van der Waals surface area contributed by atoms with Gasteiger partial charge in [0.05, 0.1) is 31.0 Å². The van der Waals surface area contributed by atoms with Gasteiger partial charge in [-0.3, -0.25) is 9.89 Å². The van der Waals surface area contributed by atoms with Gasteiger partial charge in [-0.1, -0.05) is 18.2 Å². The number of likely N-dealkylation sites (tertiary alicyclic amines) is 1. The van der Waals surface area contributed by atoms with Gasteiger partial charge >= 0.3 is 0 Å². The third-order valence-electron chi connectivity index (χ3n) is 6.48. The van der Waals surface area contributed by atoms with Gasteiger partial charge in [0.1, 0.15) is 0 Å². The molecule has 11 nitrogen and oxygen atoms in total. The number of aromatic amines is 1. The summed E-state index contributed by atoms with van der Waals surface area (Å²) in [4.78, 5) is 31.0. The molecule has 1 amide bonds. The first-order valence-corrected chi connectivity index (χ1v) is 11.9. The van der Waals surface area contributed by atoms with E-state index in [2.05, 4.69) is 20.4 Å². The lowest BCUT2D eigenvalue weighted by Crippen LogP contribution is -2.54. The molecule has 2 fully saturated rings. The van der Waals surface area contributed by atoms with Crippen LogP contribution in [0.3, 0.4) is 0 Å². The fourth-order valence-corrected chi connectivity index (χ4v) is 4.40. The van der Waals surface area contributed by atoms with Gasteiger partial charge < -0.3 is 24.6 Å². The number of carbonyl (C=O) groups is 1. The SMILES string of the molecule is COC1CN(C(=O)c2cccc(Nc3nc(-c4cccc5[nH]ncc45)nc(N4CCOCC4)n3)c2)C1. The first-order chi connectivity index (χ1) is 17.7. The number of carbonyl (C=O) groups excluding carboxylic acids is 1. The molecule has 0 spiro atoms. The van der Waals surface area contributed by atoms with Crippen molar-refractivity contribution in [1.82, 2.24) is 30.0 Å². The molecule has 4 heterocycles. The summed E-state index contributed by atoms with van der Waals surface area (Å²) in [7, 11) is 1.66. The minimum atomic E-state index is -0.0241. The number of nitrogens with one attached hydrogen (secondary N) is 2. The monoisotopic (exact) mass is 486 g/mol. The molecule has 184 valence electrons. The van der Waals surface area contributed by atoms with E-state index in [1.54, 1.807) is 18.2 Å². The van der Waals surface area contributed by atoms with Crippen molar-refractivity contribution in [2.45, 2.75) is 6.10 Å². The van der Waals surface area contributed by atoms with Gasteiger partial charge in [-0.05, 0) is 24.3 Å². The summed E-state index contributed by atoms with van der Waals surface area (Å²) in [6.07, 6.45) is 1.88. The number of hydrogen-bond donors (Lipinski definition) is 2. The van der Waals surface area contributed by atoms with Crippen molar-refractivity contribution in [3.8, 4) is 11.4 Å². The molecule has 2 aromatic heterocycles. The predicted octanol–water partition coefficient (Wildman–Crippen LogP) is 2.47. The van der Waals surface area contributed by atoms with Gasteiger partial charge in [-0.25, -0.2) is 0 Å². The van der Waals surface area contributed by atoms with E-state index >= 15 is 0 Å². The molecule has 2 N–H and O–H groups in total. The number of nitrogens with zero attached hydrogens (tertiary/aromatic N) is 6. The number of hydrogen-bond acceptors (Lipinski definition) is 9. The number of H-pyrrole nitrogens is 1. The highest BCUT2D eigenvalue weighted by molar-refractivity contribution is 5.96. The first kappa shape index (κ1) is 22.4. The van der Waals surface area contributed by atoms with Crippen molar-refractivity contribution in [3.63, 3.8) is 0 Å². The molecule has 0 atom stereocenters. The summed E-state index contributed by atoms with van der Waals surface area (Å²) < 4.78 is 10.8. The quantitative estimate of drug-likeness (QED) is 0.423. The molecule has 2 aliphatic rings. The van der Waals surface area contributed by atoms with E-state index < -0.39 is 0 Å². The lowest BCUT2D eigenvalue weighted by atomic mass is 10.1. The molecule has 0 radical (unpaired) electrons. The van der Waals surface area contributed by atoms with Crippen LogP contribution in [-0.2, 0) is 9.47 Å². The van der Waals surface area contributed by atoms with Crippen LogP contribution in [0.15, 0.2) is 48.7 Å². The first-order valence-electron chi connectivity index (χ1n) is 11.9. The Bertz CT molecular complexity index is 1400. The number of morpholine rings is 1. The fourth-order valence-electron chi connectivity index (χ4n) is 4.40. The molecule has 11 heteroatoms. The number of fused-ring (bicyclic) bond motifs is 1. The average Bonchev–Trinajstić information content (AvgIpc) is 3.38. The molecule has 0 bridgehead atoms. The molecule has 2 saturated heterocycles. The van der Waals surface area contributed by atoms with Gasteiger partial charge in [-0.15, -0.1) is 0 Å². The maximum absolute atomic E-state index is 12.9. The van der Waals surface area contributed by atoms with Gasteiger partial charge in [-0.2, -0.15) is 20.1 Å². The standard InChI is InChI=1S/C25H26N8O3/c1-35-18-14-33(15-18)23(34)16-4-2-5-17(12-16)27-24-28-22(19-6-3-7-21-20(19)13-26-31-21)29-25(30-24)32-8-10-36-11-9-32/h2-7,12-13,18H,8-11,14-15H2,1H3,(H,26,31)(H,27,28,29,30). The smallest absolute Gasteiger partial charge is 0.254 e. The van der Waals surface area contributed by atoms with Crippen molar-refractivity contribution in [2.24, 2.45) is 0 Å². The molecule has 6 rings (SSSR count). The Morgan fingerprint density at radius 1 is 1.11 bits per heavy atom. The van der Waals surface area contributed by atoms with E-state index in [1.165, 1.54) is 0 Å². The van der Waals surface area contributed by atoms with Crippen LogP contribution in [0.5, 0.6) is 0 Å². The van der Waals surface area contributed by atoms with E-state index in [0.717, 1.165) is 22.2 Å². The second kappa shape index (κ2) is 9.51. The molecule has 4 aromatic rings. The molecule has 0 unspecified atom stereocenters. The molecular formula is C25H26N8O3. The van der Waals surface area contributed by atoms with Crippen LogP contribution < -0.4 is 10.2 Å². The van der Waals surface area contributed by atoms with E-state index in [4.69, 9.17) is 24.4 Å². The Kier molecular flexibility index (Phi) is 5.91. The lowest BCUT2D eigenvalue weighted by Gasteiger charge is -2.38. The number of rotatable bonds is 6. The normalized spacial score (nSPS) is 16.2. The van der Waals surface area contributed by atoms with Crippen LogP contribution in [0.25, 0.3) is 22.3 Å². The van der Waals surface area contributed by atoms with Crippen LogP contribution in [0, 0.1) is 0 Å². The number of ether oxygens (including phenoxy) is 2. The highest BCUT2D eigenvalue weighted by Gasteiger charge is 2.31. The van der Waals surface area contributed by atoms with Crippen LogP contribution >= 0.6 is 0 Å². The number of aromatic nitrogens is 5. The predicted molar refractivity (Wildman–Crippen MR) is 134 cm³/mol. The van der Waals surface area contributed by atoms with Crippen LogP contribution in [-0.4, -0.2) is 88.6 Å². The van der Waals surface area contributed by atoms with Gasteiger partial charge in [0.25, 0.3) is 5.91 Å². The van der Waals surface area contributed by atoms with Crippen molar-refractivity contribution in [1.29, 1.82) is 0 Å². The number of amides is 1. The Balaban J connectivity index is 1.33. The highest BCUT2D eigenvalue weighted by Crippen LogP contribution is 2.28. The summed E-state index contributed by atoms with van der Waals surface area (Å²) in [5.74, 6) is 1.49. The zero-order valence-electron chi connectivity index (χ0n) is 19.8. The van der Waals surface area contributed by atoms with Crippen molar-refractivity contribution in [3.05, 3.63) is 54.2 Å². The Hall–Kier alpha value is -4.09. The fraction of sp³-hybridized carbons (Fsp3) is 0.320. The van der Waals surface area contributed by atoms with Crippen molar-refractivity contribution in [2.75, 3.05) is 56.7 Å². The number of benzene rings is 2. The van der Waals surface area contributed by atoms with Gasteiger partial charge in [0, 0.05) is 55.5 Å². The Morgan fingerprint density at radius 3 is 2.78 bits per heavy atom. The van der Waals surface area contributed by atoms with Crippen LogP contribution in [0.4, 0.5) is 17.6 Å². The summed E-state index contributed by atoms with van der Waals surface area (Å²) >= 11 is 0. The zero-order chi connectivity index (χ0) is 24.5. The third-order valence-corrected chi connectivity index (χ3v) is 6.48. The largest absolute Gasteiger partial charge is 0.378 e. The van der Waals surface area contributed by atoms with E-state index in [1.807, 2.05) is 42.5 Å². The second-order valence-corrected chi connectivity index (χ2v) is 8.79. The van der Waals surface area contributed by atoms with E-state index in [-0.39, 0.29) is 12.0 Å². The molecule has 2 aliphatic heterocycles. The van der Waals surface area contributed by atoms with Gasteiger partial charge in [0.15, 0.2) is 5.82 Å². The summed E-state index contributed by atoms with van der Waals surface area (Å²) in [5, 5.41) is 11.4. The maximum Gasteiger partial charge on any atom is 0.254 e. The van der Waals surface area contributed by atoms with E-state index in [0.29, 0.717) is 62.7 Å². The van der Waals surface area contributed by atoms with Crippen LogP contribution in [0.1, 0.15) is 10.4 Å². The van der Waals surface area contributed by atoms with Gasteiger partial charge in [0.2, 0.25) is 11.9 Å². The van der Waals surface area contributed by atoms with E-state index in [9.17, 15) is 4.79 Å². The summed E-state index contributed by atoms with van der Waals surface area (Å²) in [6, 6.07) is 13.2. The Morgan fingerprint density at radius 2 is 1.94 bits per heavy atom. The number of methoxy groups -OCH3 is 1. The molecule has 36 heavy (non-hydrogen) atoms. The second-order valence-electron chi connectivity index (χ2n) is 8.79. The van der Waals surface area contributed by atoms with Crippen LogP contribution in [0.2, 0.25) is 0 Å². The molecule has 2 aromatic carbocycles.